The number of aromatic nitrogens is 2. The van der Waals surface area contributed by atoms with Gasteiger partial charge in [0.05, 0.1) is 11.2 Å². The number of carbonyl (C=O) groups excluding carboxylic acids is 1. The van der Waals surface area contributed by atoms with Crippen molar-refractivity contribution in [2.45, 2.75) is 13.0 Å². The quantitative estimate of drug-likeness (QED) is 0.386. The van der Waals surface area contributed by atoms with Gasteiger partial charge in [0.2, 0.25) is 0 Å². The Bertz CT molecular complexity index is 873. The fraction of sp³-hybridized carbons (Fsp3) is 0.143. The minimum Gasteiger partial charge on any atom is -0.352 e. The maximum absolute atomic E-state index is 12.7. The largest absolute Gasteiger partial charge is 0.352 e. The van der Waals surface area contributed by atoms with E-state index in [9.17, 15) is 4.79 Å². The number of hydrogen-bond acceptors (Lipinski definition) is 2. The number of rotatable bonds is 7. The number of hydrogen-bond donors (Lipinski definition) is 1. The molecule has 26 heavy (non-hydrogen) atoms. The molecule has 3 aromatic rings. The highest BCUT2D eigenvalue weighted by atomic mass is 35.5. The lowest BCUT2D eigenvalue weighted by Crippen LogP contribution is -2.26. The molecule has 0 atom stereocenters. The molecule has 0 aliphatic rings. The van der Waals surface area contributed by atoms with E-state index in [-0.39, 0.29) is 5.91 Å². The smallest absolute Gasteiger partial charge is 0.251 e. The van der Waals surface area contributed by atoms with Gasteiger partial charge in [0.1, 0.15) is 0 Å². The van der Waals surface area contributed by atoms with Gasteiger partial charge in [-0.2, -0.15) is 5.10 Å². The molecule has 0 saturated heterocycles. The number of carbonyl (C=O) groups is 1. The molecule has 1 amide bonds. The van der Waals surface area contributed by atoms with Gasteiger partial charge >= 0.3 is 0 Å². The Morgan fingerprint density at radius 3 is 2.42 bits per heavy atom. The van der Waals surface area contributed by atoms with E-state index in [0.29, 0.717) is 23.7 Å². The molecule has 3 rings (SSSR count). The fourth-order valence-electron chi connectivity index (χ4n) is 2.61. The van der Waals surface area contributed by atoms with Crippen LogP contribution in [0.4, 0.5) is 0 Å². The second-order valence-corrected chi connectivity index (χ2v) is 6.30. The maximum Gasteiger partial charge on any atom is 0.251 e. The molecule has 2 aromatic carbocycles. The molecule has 0 fully saturated rings. The zero-order valence-corrected chi connectivity index (χ0v) is 15.1. The number of nitrogens with zero attached hydrogens (tertiary/aromatic N) is 2. The van der Waals surface area contributed by atoms with E-state index in [1.165, 1.54) is 0 Å². The Balaban J connectivity index is 1.66. The average molecular weight is 366 g/mol. The molecule has 1 heterocycles. The zero-order chi connectivity index (χ0) is 18.2. The molecule has 0 aliphatic heterocycles. The molecule has 0 spiro atoms. The van der Waals surface area contributed by atoms with Crippen molar-refractivity contribution in [1.82, 2.24) is 15.1 Å². The molecule has 0 radical (unpaired) electrons. The minimum atomic E-state index is -0.0847. The summed E-state index contributed by atoms with van der Waals surface area (Å²) in [5.41, 5.74) is 2.54. The summed E-state index contributed by atoms with van der Waals surface area (Å²) in [6.45, 7) is 1.27. The second-order valence-electron chi connectivity index (χ2n) is 5.87. The van der Waals surface area contributed by atoms with E-state index < -0.39 is 0 Å². The van der Waals surface area contributed by atoms with Crippen LogP contribution in [0.2, 0.25) is 5.02 Å². The number of amides is 1. The average Bonchev–Trinajstić information content (AvgIpc) is 3.10. The highest BCUT2D eigenvalue weighted by Crippen LogP contribution is 2.18. The SMILES string of the molecule is O=C(NCCCn1cc(Cl)cn1)/C(=C\c1ccccc1)c1ccccc1. The lowest BCUT2D eigenvalue weighted by molar-refractivity contribution is -0.115. The lowest BCUT2D eigenvalue weighted by Gasteiger charge is -2.10. The first-order valence-electron chi connectivity index (χ1n) is 8.51. The van der Waals surface area contributed by atoms with Gasteiger partial charge in [-0.05, 0) is 23.6 Å². The van der Waals surface area contributed by atoms with Gasteiger partial charge in [-0.1, -0.05) is 72.3 Å². The molecule has 0 aliphatic carbocycles. The monoisotopic (exact) mass is 365 g/mol. The summed E-state index contributed by atoms with van der Waals surface area (Å²) < 4.78 is 1.77. The third-order valence-electron chi connectivity index (χ3n) is 3.89. The Hall–Kier alpha value is -2.85. The Morgan fingerprint density at radius 1 is 1.08 bits per heavy atom. The van der Waals surface area contributed by atoms with Crippen molar-refractivity contribution < 1.29 is 4.79 Å². The number of aryl methyl sites for hydroxylation is 1. The fourth-order valence-corrected chi connectivity index (χ4v) is 2.77. The first kappa shape index (κ1) is 18.0. The van der Waals surface area contributed by atoms with E-state index in [1.807, 2.05) is 66.7 Å². The van der Waals surface area contributed by atoms with Crippen LogP contribution in [0.25, 0.3) is 11.6 Å². The molecule has 5 heteroatoms. The van der Waals surface area contributed by atoms with Crippen LogP contribution in [0.1, 0.15) is 17.5 Å². The van der Waals surface area contributed by atoms with Crippen LogP contribution in [0.3, 0.4) is 0 Å². The number of nitrogens with one attached hydrogen (secondary N) is 1. The Kier molecular flexibility index (Phi) is 6.23. The van der Waals surface area contributed by atoms with Crippen molar-refractivity contribution in [3.05, 3.63) is 89.2 Å². The predicted molar refractivity (Wildman–Crippen MR) is 106 cm³/mol. The number of halogens is 1. The number of benzene rings is 2. The summed E-state index contributed by atoms with van der Waals surface area (Å²) in [5, 5.41) is 7.75. The van der Waals surface area contributed by atoms with Crippen LogP contribution < -0.4 is 5.32 Å². The Morgan fingerprint density at radius 2 is 1.77 bits per heavy atom. The second kappa shape index (κ2) is 9.02. The molecular formula is C21H20ClN3O. The highest BCUT2D eigenvalue weighted by molar-refractivity contribution is 6.30. The molecule has 0 unspecified atom stereocenters. The first-order valence-corrected chi connectivity index (χ1v) is 8.88. The molecule has 132 valence electrons. The standard InChI is InChI=1S/C21H20ClN3O/c22-19-15-24-25(16-19)13-7-12-23-21(26)20(18-10-5-2-6-11-18)14-17-8-3-1-4-9-17/h1-6,8-11,14-16H,7,12-13H2,(H,23,26)/b20-14-. The Labute approximate surface area is 158 Å². The topological polar surface area (TPSA) is 46.9 Å². The van der Waals surface area contributed by atoms with Crippen molar-refractivity contribution in [2.24, 2.45) is 0 Å². The lowest BCUT2D eigenvalue weighted by atomic mass is 10.0. The molecule has 1 N–H and O–H groups in total. The summed E-state index contributed by atoms with van der Waals surface area (Å²) in [4.78, 5) is 12.7. The maximum atomic E-state index is 12.7. The third kappa shape index (κ3) is 5.07. The zero-order valence-electron chi connectivity index (χ0n) is 14.3. The summed E-state index contributed by atoms with van der Waals surface area (Å²) >= 11 is 5.85. The van der Waals surface area contributed by atoms with Crippen molar-refractivity contribution >= 4 is 29.2 Å². The van der Waals surface area contributed by atoms with E-state index in [4.69, 9.17) is 11.6 Å². The van der Waals surface area contributed by atoms with Gasteiger partial charge < -0.3 is 5.32 Å². The first-order chi connectivity index (χ1) is 12.7. The van der Waals surface area contributed by atoms with E-state index in [2.05, 4.69) is 10.4 Å². The molecule has 0 saturated carbocycles. The summed E-state index contributed by atoms with van der Waals surface area (Å²) in [6.07, 6.45) is 6.07. The molecule has 1 aromatic heterocycles. The van der Waals surface area contributed by atoms with Crippen molar-refractivity contribution in [3.8, 4) is 0 Å². The van der Waals surface area contributed by atoms with Crippen LogP contribution in [0.15, 0.2) is 73.1 Å². The van der Waals surface area contributed by atoms with Crippen LogP contribution in [-0.2, 0) is 11.3 Å². The molecule has 4 nitrogen and oxygen atoms in total. The summed E-state index contributed by atoms with van der Waals surface area (Å²) in [7, 11) is 0. The third-order valence-corrected chi connectivity index (χ3v) is 4.09. The predicted octanol–water partition coefficient (Wildman–Crippen LogP) is 4.28. The van der Waals surface area contributed by atoms with E-state index in [0.717, 1.165) is 17.5 Å². The van der Waals surface area contributed by atoms with E-state index in [1.54, 1.807) is 17.1 Å². The van der Waals surface area contributed by atoms with E-state index >= 15 is 0 Å². The summed E-state index contributed by atoms with van der Waals surface area (Å²) in [5.74, 6) is -0.0847. The molecular weight excluding hydrogens is 346 g/mol. The normalized spacial score (nSPS) is 11.3. The van der Waals surface area contributed by atoms with Crippen molar-refractivity contribution in [1.29, 1.82) is 0 Å². The van der Waals surface area contributed by atoms with Crippen LogP contribution in [0.5, 0.6) is 0 Å². The van der Waals surface area contributed by atoms with Gasteiger partial charge in [0.25, 0.3) is 5.91 Å². The van der Waals surface area contributed by atoms with Crippen molar-refractivity contribution in [3.63, 3.8) is 0 Å². The molecule has 0 bridgehead atoms. The summed E-state index contributed by atoms with van der Waals surface area (Å²) in [6, 6.07) is 19.5. The van der Waals surface area contributed by atoms with Gasteiger partial charge in [-0.25, -0.2) is 0 Å². The van der Waals surface area contributed by atoms with Crippen LogP contribution >= 0.6 is 11.6 Å². The van der Waals surface area contributed by atoms with Gasteiger partial charge in [0.15, 0.2) is 0 Å². The van der Waals surface area contributed by atoms with Crippen LogP contribution in [-0.4, -0.2) is 22.2 Å². The van der Waals surface area contributed by atoms with Crippen molar-refractivity contribution in [2.75, 3.05) is 6.54 Å². The van der Waals surface area contributed by atoms with Gasteiger partial charge in [-0.3, -0.25) is 9.48 Å². The van der Waals surface area contributed by atoms with Gasteiger partial charge in [-0.15, -0.1) is 0 Å². The van der Waals surface area contributed by atoms with Crippen LogP contribution in [0, 0.1) is 0 Å². The van der Waals surface area contributed by atoms with Gasteiger partial charge in [0, 0.05) is 24.9 Å². The minimum absolute atomic E-state index is 0.0847. The highest BCUT2D eigenvalue weighted by Gasteiger charge is 2.11.